The quantitative estimate of drug-likeness (QED) is 0.0165. The Bertz CT molecular complexity index is 4060. The zero-order chi connectivity index (χ0) is 103. The summed E-state index contributed by atoms with van der Waals surface area (Å²) in [5.74, 6) is -21.4. The lowest BCUT2D eigenvalue weighted by molar-refractivity contribution is -0.136. The van der Waals surface area contributed by atoms with Crippen molar-refractivity contribution in [2.45, 2.75) is 230 Å². The van der Waals surface area contributed by atoms with Crippen LogP contribution < -0.4 is 126 Å². The van der Waals surface area contributed by atoms with E-state index in [1.807, 2.05) is 6.92 Å². The van der Waals surface area contributed by atoms with Crippen LogP contribution in [0.25, 0.3) is 0 Å². The topological polar surface area (TPSA) is 890 Å². The number of rotatable bonds is 84. The molecular weight excluding hydrogens is 1800 g/mol. The van der Waals surface area contributed by atoms with E-state index in [9.17, 15) is 57.8 Å². The van der Waals surface area contributed by atoms with Crippen molar-refractivity contribution in [2.24, 2.45) is 92.8 Å². The molecule has 0 aromatic heterocycles. The van der Waals surface area contributed by atoms with E-state index in [2.05, 4.69) is 69.1 Å². The molecule has 0 spiro atoms. The number of benzene rings is 1. The number of primary amides is 2. The number of Topliss-reactive ketones (excluding diaryl/α,β-unsaturated/α-hetero) is 7. The maximum absolute atomic E-state index is 15.2. The summed E-state index contributed by atoms with van der Waals surface area (Å²) in [7, 11) is 0. The van der Waals surface area contributed by atoms with Crippen LogP contribution in [0.3, 0.4) is 0 Å². The number of guanidine groups is 6. The van der Waals surface area contributed by atoms with E-state index in [1.165, 1.54) is 19.1 Å². The maximum Gasteiger partial charge on any atom is 0.246 e. The summed E-state index contributed by atoms with van der Waals surface area (Å²) in [5, 5.41) is 90.6. The summed E-state index contributed by atoms with van der Waals surface area (Å²) in [6.45, 7) is 3.25. The van der Waals surface area contributed by atoms with E-state index >= 15 is 24.0 Å². The summed E-state index contributed by atoms with van der Waals surface area (Å²) in [6, 6.07) is -1.31. The number of nitrogens with two attached hydrogens (primary N) is 10. The molecule has 0 aliphatic rings. The summed E-state index contributed by atoms with van der Waals surface area (Å²) >= 11 is 0. The number of ketones is 7. The van der Waals surface area contributed by atoms with Gasteiger partial charge in [-0.1, -0.05) is 18.6 Å². The van der Waals surface area contributed by atoms with Gasteiger partial charge < -0.3 is 155 Å². The smallest absolute Gasteiger partial charge is 0.246 e. The molecule has 0 unspecified atom stereocenters. The molecule has 50 nitrogen and oxygen atoms in total. The van der Waals surface area contributed by atoms with Crippen LogP contribution in [0.15, 0.2) is 24.3 Å². The fourth-order valence-electron chi connectivity index (χ4n) is 14.5. The van der Waals surface area contributed by atoms with Gasteiger partial charge in [0.2, 0.25) is 53.2 Å². The number of unbranched alkanes of at least 4 members (excludes halogenated alkanes) is 2. The Morgan fingerprint density at radius 3 is 1.07 bits per heavy atom. The first kappa shape index (κ1) is 123. The molecule has 11 atom stereocenters. The number of amides is 9. The standard InChI is InChI=1S/C88H155N29O21/c1-3-135-39-41-137-52-63(120)20-14-38-136-40-42-138-53-75(127)113-69(76(92)128)51-112-77(129)57(17-9-33-106-84(95)96)46-70(122)66(22-12-36-109-87(101)102)116-81(133)60(19-11-35-108-86(99)100)49-73(125)68(28-29-74(91)126)117-82(134)59(18-10-34-107-85(97)98)48-72(124)67(23-13-37-110-88(103)104)115-80(132)58(15-4-6-30-89)47-71(123)65(21-5-7-31-90)114-79(131)56(16-8-32-105-83(93)94)45-64(121)50-111-78(130)61(43-54(2)118)44-55-24-26-62(119)27-25-55/h24-27,56-61,65-69,119H,3-23,28-53,89-90H2,1-2H3,(H2,91,126)(H2,92,128)(H,111,130)(H,112,129)(H,113,127)(H,114,131)(H,115,132)(H,116,133)(H,117,134)(H4,93,94,105)(H4,95,96,106)(H4,97,98,107)(H4,99,100,108)(H4,101,102,109)(H4,103,104,110)/t56-,57-,58-,59-,60-,61+,65+,66+,67+,68+,69+/m1/s1. The minimum absolute atomic E-state index is 0.00478. The molecule has 0 bridgehead atoms. The van der Waals surface area contributed by atoms with Gasteiger partial charge >= 0.3 is 0 Å². The molecule has 9 amide bonds. The van der Waals surface area contributed by atoms with Gasteiger partial charge in [0.15, 0.2) is 70.5 Å². The molecule has 138 heavy (non-hydrogen) atoms. The number of carbonyl (C=O) groups is 16. The number of hydrogen-bond acceptors (Lipinski definition) is 29. The number of nitrogens with one attached hydrogen (secondary N) is 19. The second-order valence-corrected chi connectivity index (χ2v) is 33.6. The highest BCUT2D eigenvalue weighted by Gasteiger charge is 2.38. The second kappa shape index (κ2) is 73.6. The first-order valence-corrected chi connectivity index (χ1v) is 46.8. The Morgan fingerprint density at radius 2 is 0.688 bits per heavy atom. The van der Waals surface area contributed by atoms with Gasteiger partial charge in [0, 0.05) is 146 Å². The molecular formula is C88H155N29O21. The van der Waals surface area contributed by atoms with E-state index < -0.39 is 242 Å². The molecule has 50 heteroatoms. The summed E-state index contributed by atoms with van der Waals surface area (Å²) in [6.07, 6.45) is -2.30. The molecule has 40 N–H and O–H groups in total. The van der Waals surface area contributed by atoms with Crippen LogP contribution in [0.5, 0.6) is 5.75 Å². The molecule has 0 fully saturated rings. The van der Waals surface area contributed by atoms with Gasteiger partial charge in [0.05, 0.1) is 57.1 Å². The predicted molar refractivity (Wildman–Crippen MR) is 513 cm³/mol. The predicted octanol–water partition coefficient (Wildman–Crippen LogP) is -4.91. The van der Waals surface area contributed by atoms with Crippen molar-refractivity contribution in [3.63, 3.8) is 0 Å². The minimum Gasteiger partial charge on any atom is -0.508 e. The third-order valence-electron chi connectivity index (χ3n) is 21.9. The molecule has 0 radical (unpaired) electrons. The molecule has 0 heterocycles. The Morgan fingerprint density at radius 1 is 0.341 bits per heavy atom. The van der Waals surface area contributed by atoms with Crippen molar-refractivity contribution in [1.82, 2.24) is 69.1 Å². The van der Waals surface area contributed by atoms with E-state index in [0.29, 0.717) is 44.5 Å². The molecule has 778 valence electrons. The van der Waals surface area contributed by atoms with Crippen LogP contribution in [0.4, 0.5) is 0 Å². The van der Waals surface area contributed by atoms with Gasteiger partial charge in [-0.15, -0.1) is 0 Å². The van der Waals surface area contributed by atoms with Gasteiger partial charge in [0.25, 0.3) is 0 Å². The third-order valence-corrected chi connectivity index (χ3v) is 21.9. The van der Waals surface area contributed by atoms with Crippen molar-refractivity contribution < 1.29 is 101 Å². The third kappa shape index (κ3) is 60.7. The SMILES string of the molecule is CCOCCOCC(=O)CCCOCCOCC(=O)N[C@@H](CNC(=O)[C@H](CCCNC(=N)N)CC(=O)[C@H](CCCNC(=N)N)NC(=O)[C@H](CCCNC(=N)N)CC(=O)[C@H](CCC(N)=O)NC(=O)[C@H](CCCNC(=N)N)CC(=O)[C@H](CCCNC(=N)N)NC(=O)[C@H](CCCCN)CC(=O)[C@H](CCCCN)NC(=O)[C@H](CCCNC(=N)N)CC(=O)CNC(=O)[C@@H](CC(C)=O)Cc1ccc(O)cc1)C(N)=O. The molecule has 1 aromatic carbocycles. The summed E-state index contributed by atoms with van der Waals surface area (Å²) in [5.41, 5.74) is 57.3. The zero-order valence-corrected chi connectivity index (χ0v) is 79.8. The van der Waals surface area contributed by atoms with Crippen LogP contribution in [-0.2, 0) is 102 Å². The number of hydrogen-bond donors (Lipinski definition) is 30. The number of aromatic hydroxyl groups is 1. The van der Waals surface area contributed by atoms with Crippen LogP contribution in [-0.4, -0.2) is 283 Å². The highest BCUT2D eigenvalue weighted by atomic mass is 16.5. The van der Waals surface area contributed by atoms with Crippen LogP contribution in [0.2, 0.25) is 0 Å². The van der Waals surface area contributed by atoms with Crippen molar-refractivity contribution >= 4 is 129 Å². The summed E-state index contributed by atoms with van der Waals surface area (Å²) in [4.78, 5) is 224. The molecule has 0 aliphatic carbocycles. The highest BCUT2D eigenvalue weighted by molar-refractivity contribution is 6.00. The monoisotopic (exact) mass is 1950 g/mol. The maximum atomic E-state index is 15.2. The van der Waals surface area contributed by atoms with Gasteiger partial charge in [-0.05, 0) is 173 Å². The number of ether oxygens (including phenoxy) is 4. The van der Waals surface area contributed by atoms with Crippen molar-refractivity contribution in [3.05, 3.63) is 29.8 Å². The van der Waals surface area contributed by atoms with Gasteiger partial charge in [-0.25, -0.2) is 0 Å². The molecule has 0 saturated heterocycles. The summed E-state index contributed by atoms with van der Waals surface area (Å²) < 4.78 is 21.3. The minimum atomic E-state index is -1.64. The fraction of sp³-hybridized carbons (Fsp3) is 0.682. The Kier molecular flexibility index (Phi) is 65.7. The second-order valence-electron chi connectivity index (χ2n) is 33.6. The van der Waals surface area contributed by atoms with Crippen molar-refractivity contribution in [1.29, 1.82) is 32.5 Å². The fourth-order valence-corrected chi connectivity index (χ4v) is 14.5. The van der Waals surface area contributed by atoms with Gasteiger partial charge in [-0.2, -0.15) is 0 Å². The van der Waals surface area contributed by atoms with E-state index in [1.54, 1.807) is 12.1 Å². The van der Waals surface area contributed by atoms with E-state index in [-0.39, 0.29) is 224 Å². The largest absolute Gasteiger partial charge is 0.508 e. The Balaban J connectivity index is 3.90. The Hall–Kier alpha value is -12.7. The van der Waals surface area contributed by atoms with Crippen LogP contribution >= 0.6 is 0 Å². The lowest BCUT2D eigenvalue weighted by Crippen LogP contribution is -2.53. The van der Waals surface area contributed by atoms with Crippen molar-refractivity contribution in [3.8, 4) is 5.75 Å². The lowest BCUT2D eigenvalue weighted by Gasteiger charge is -2.27. The van der Waals surface area contributed by atoms with E-state index in [4.69, 9.17) is 109 Å². The zero-order valence-electron chi connectivity index (χ0n) is 79.8. The number of phenols is 1. The van der Waals surface area contributed by atoms with Crippen LogP contribution in [0.1, 0.15) is 199 Å². The molecule has 1 rings (SSSR count). The number of carbonyl (C=O) groups excluding carboxylic acids is 16. The van der Waals surface area contributed by atoms with Gasteiger partial charge in [-0.3, -0.25) is 104 Å². The first-order chi connectivity index (χ1) is 65.6. The van der Waals surface area contributed by atoms with E-state index in [0.717, 1.165) is 0 Å². The Labute approximate surface area is 805 Å². The normalized spacial score (nSPS) is 13.4. The molecule has 0 saturated carbocycles. The lowest BCUT2D eigenvalue weighted by atomic mass is 9.88. The number of phenolic OH excluding ortho intramolecular Hbond substituents is 1. The van der Waals surface area contributed by atoms with Crippen molar-refractivity contribution in [2.75, 3.05) is 118 Å². The molecule has 0 aliphatic heterocycles. The highest BCUT2D eigenvalue weighted by Crippen LogP contribution is 2.25. The average molecular weight is 1960 g/mol. The van der Waals surface area contributed by atoms with Gasteiger partial charge in [0.1, 0.15) is 30.8 Å². The average Bonchev–Trinajstić information content (AvgIpc) is 0.854. The first-order valence-electron chi connectivity index (χ1n) is 46.8. The molecule has 1 aromatic rings. The van der Waals surface area contributed by atoms with Crippen LogP contribution in [0, 0.1) is 68.0 Å².